The van der Waals surface area contributed by atoms with Crippen LogP contribution in [0.4, 0.5) is 0 Å². The molecule has 24 heavy (non-hydrogen) atoms. The van der Waals surface area contributed by atoms with Gasteiger partial charge in [-0.15, -0.1) is 0 Å². The van der Waals surface area contributed by atoms with Crippen molar-refractivity contribution in [3.63, 3.8) is 0 Å². The molecule has 1 N–H and O–H groups in total. The van der Waals surface area contributed by atoms with E-state index >= 15 is 0 Å². The normalized spacial score (nSPS) is 18.5. The van der Waals surface area contributed by atoms with E-state index in [2.05, 4.69) is 77.3 Å². The van der Waals surface area contributed by atoms with Gasteiger partial charge in [0.05, 0.1) is 6.10 Å². The Morgan fingerprint density at radius 3 is 2.12 bits per heavy atom. The SMILES string of the molecule is CCCNC(c1ccc(C(C)O[Si](C)(C)C(C)(C)C)cc1)C1CC1. The molecule has 0 radical (unpaired) electrons. The molecule has 3 heteroatoms. The molecule has 0 aliphatic heterocycles. The first-order valence-electron chi connectivity index (χ1n) is 9.67. The van der Waals surface area contributed by atoms with Crippen LogP contribution in [0.15, 0.2) is 24.3 Å². The van der Waals surface area contributed by atoms with Gasteiger partial charge in [-0.05, 0) is 67.9 Å². The molecule has 2 unspecified atom stereocenters. The van der Waals surface area contributed by atoms with Gasteiger partial charge in [-0.3, -0.25) is 0 Å². The van der Waals surface area contributed by atoms with E-state index in [1.165, 1.54) is 30.4 Å². The van der Waals surface area contributed by atoms with E-state index < -0.39 is 8.32 Å². The molecular weight excluding hydrogens is 310 g/mol. The van der Waals surface area contributed by atoms with Crippen LogP contribution in [-0.2, 0) is 4.43 Å². The molecule has 0 spiro atoms. The predicted octanol–water partition coefficient (Wildman–Crippen LogP) is 6.22. The van der Waals surface area contributed by atoms with Crippen molar-refractivity contribution in [3.8, 4) is 0 Å². The third-order valence-corrected chi connectivity index (χ3v) is 10.3. The van der Waals surface area contributed by atoms with E-state index in [1.807, 2.05) is 0 Å². The number of rotatable bonds is 8. The van der Waals surface area contributed by atoms with Gasteiger partial charge in [0.2, 0.25) is 0 Å². The molecule has 1 aliphatic carbocycles. The molecule has 0 amide bonds. The van der Waals surface area contributed by atoms with Crippen LogP contribution in [0.1, 0.15) is 77.2 Å². The van der Waals surface area contributed by atoms with Crippen LogP contribution < -0.4 is 5.32 Å². The Labute approximate surface area is 150 Å². The molecule has 2 rings (SSSR count). The lowest BCUT2D eigenvalue weighted by molar-refractivity contribution is 0.203. The van der Waals surface area contributed by atoms with E-state index in [9.17, 15) is 0 Å². The fourth-order valence-corrected chi connectivity index (χ4v) is 4.32. The standard InChI is InChI=1S/C21H37NOSi/c1-8-15-22-20(19-13-14-19)18-11-9-17(10-12-18)16(2)23-24(6,7)21(3,4)5/h9-12,16,19-20,22H,8,13-15H2,1-7H3. The highest BCUT2D eigenvalue weighted by atomic mass is 28.4. The molecule has 1 aliphatic rings. The van der Waals surface area contributed by atoms with Gasteiger partial charge in [-0.25, -0.2) is 0 Å². The highest BCUT2D eigenvalue weighted by molar-refractivity contribution is 6.74. The Kier molecular flexibility index (Phi) is 6.33. The maximum absolute atomic E-state index is 6.54. The Bertz CT molecular complexity index is 514. The fraction of sp³-hybridized carbons (Fsp3) is 0.714. The zero-order valence-electron chi connectivity index (χ0n) is 16.8. The van der Waals surface area contributed by atoms with Crippen LogP contribution in [0.25, 0.3) is 0 Å². The molecule has 1 fully saturated rings. The predicted molar refractivity (Wildman–Crippen MR) is 107 cm³/mol. The Balaban J connectivity index is 2.05. The molecule has 2 atom stereocenters. The third-order valence-electron chi connectivity index (χ3n) is 5.75. The van der Waals surface area contributed by atoms with Gasteiger partial charge >= 0.3 is 0 Å². The maximum atomic E-state index is 6.54. The zero-order chi connectivity index (χ0) is 18.0. The van der Waals surface area contributed by atoms with Gasteiger partial charge in [0.15, 0.2) is 8.32 Å². The molecule has 1 aromatic carbocycles. The Morgan fingerprint density at radius 2 is 1.67 bits per heavy atom. The highest BCUT2D eigenvalue weighted by Crippen LogP contribution is 2.42. The van der Waals surface area contributed by atoms with Crippen molar-refractivity contribution >= 4 is 8.32 Å². The summed E-state index contributed by atoms with van der Waals surface area (Å²) in [5.41, 5.74) is 2.74. The summed E-state index contributed by atoms with van der Waals surface area (Å²) in [5.74, 6) is 0.836. The lowest BCUT2D eigenvalue weighted by atomic mass is 9.99. The van der Waals surface area contributed by atoms with Crippen LogP contribution >= 0.6 is 0 Å². The molecule has 0 saturated heterocycles. The first-order valence-corrected chi connectivity index (χ1v) is 12.6. The first-order chi connectivity index (χ1) is 11.2. The van der Waals surface area contributed by atoms with Gasteiger partial charge in [-0.1, -0.05) is 52.0 Å². The summed E-state index contributed by atoms with van der Waals surface area (Å²) < 4.78 is 6.54. The van der Waals surface area contributed by atoms with Crippen LogP contribution in [-0.4, -0.2) is 14.9 Å². The summed E-state index contributed by atoms with van der Waals surface area (Å²) in [5, 5.41) is 3.98. The number of hydrogen-bond donors (Lipinski definition) is 1. The van der Waals surface area contributed by atoms with Gasteiger partial charge in [0.25, 0.3) is 0 Å². The second-order valence-electron chi connectivity index (χ2n) is 8.96. The van der Waals surface area contributed by atoms with E-state index in [4.69, 9.17) is 4.43 Å². The minimum atomic E-state index is -1.72. The number of nitrogens with one attached hydrogen (secondary N) is 1. The second-order valence-corrected chi connectivity index (χ2v) is 13.7. The Hall–Kier alpha value is -0.643. The van der Waals surface area contributed by atoms with Gasteiger partial charge in [0.1, 0.15) is 0 Å². The number of benzene rings is 1. The van der Waals surface area contributed by atoms with Crippen molar-refractivity contribution in [1.29, 1.82) is 0 Å². The quantitative estimate of drug-likeness (QED) is 0.564. The monoisotopic (exact) mass is 347 g/mol. The molecule has 2 nitrogen and oxygen atoms in total. The minimum absolute atomic E-state index is 0.169. The van der Waals surface area contributed by atoms with E-state index in [1.54, 1.807) is 0 Å². The van der Waals surface area contributed by atoms with Crippen molar-refractivity contribution in [2.24, 2.45) is 5.92 Å². The van der Waals surface area contributed by atoms with Crippen LogP contribution in [0.3, 0.4) is 0 Å². The Morgan fingerprint density at radius 1 is 1.12 bits per heavy atom. The topological polar surface area (TPSA) is 21.3 Å². The van der Waals surface area contributed by atoms with Crippen molar-refractivity contribution in [3.05, 3.63) is 35.4 Å². The molecule has 0 bridgehead atoms. The molecule has 0 aromatic heterocycles. The molecule has 1 saturated carbocycles. The van der Waals surface area contributed by atoms with E-state index in [0.717, 1.165) is 12.5 Å². The van der Waals surface area contributed by atoms with Gasteiger partial charge < -0.3 is 9.74 Å². The van der Waals surface area contributed by atoms with Crippen molar-refractivity contribution in [2.75, 3.05) is 6.54 Å². The summed E-state index contributed by atoms with van der Waals surface area (Å²) in [6, 6.07) is 9.71. The smallest absolute Gasteiger partial charge is 0.192 e. The zero-order valence-corrected chi connectivity index (χ0v) is 17.8. The third kappa shape index (κ3) is 4.93. The molecular formula is C21H37NOSi. The van der Waals surface area contributed by atoms with Crippen molar-refractivity contribution < 1.29 is 4.43 Å². The fourth-order valence-electron chi connectivity index (χ4n) is 2.95. The van der Waals surface area contributed by atoms with E-state index in [0.29, 0.717) is 6.04 Å². The molecule has 1 aromatic rings. The van der Waals surface area contributed by atoms with Crippen LogP contribution in [0.5, 0.6) is 0 Å². The highest BCUT2D eigenvalue weighted by Gasteiger charge is 2.38. The number of hydrogen-bond acceptors (Lipinski definition) is 2. The van der Waals surface area contributed by atoms with Gasteiger partial charge in [-0.2, -0.15) is 0 Å². The van der Waals surface area contributed by atoms with Gasteiger partial charge in [0, 0.05) is 6.04 Å². The van der Waals surface area contributed by atoms with Crippen LogP contribution in [0.2, 0.25) is 18.1 Å². The second kappa shape index (κ2) is 7.71. The maximum Gasteiger partial charge on any atom is 0.192 e. The summed E-state index contributed by atoms with van der Waals surface area (Å²) in [6.07, 6.45) is 4.10. The first kappa shape index (κ1) is 19.7. The summed E-state index contributed by atoms with van der Waals surface area (Å²) in [4.78, 5) is 0. The summed E-state index contributed by atoms with van der Waals surface area (Å²) in [6.45, 7) is 17.1. The lowest BCUT2D eigenvalue weighted by Crippen LogP contribution is -2.41. The lowest BCUT2D eigenvalue weighted by Gasteiger charge is -2.38. The average molecular weight is 348 g/mol. The minimum Gasteiger partial charge on any atom is -0.410 e. The summed E-state index contributed by atoms with van der Waals surface area (Å²) in [7, 11) is -1.72. The molecule has 0 heterocycles. The van der Waals surface area contributed by atoms with Crippen molar-refractivity contribution in [2.45, 2.75) is 84.2 Å². The average Bonchev–Trinajstić information content (AvgIpc) is 3.31. The van der Waals surface area contributed by atoms with E-state index in [-0.39, 0.29) is 11.1 Å². The molecule has 136 valence electrons. The van der Waals surface area contributed by atoms with Crippen LogP contribution in [0, 0.1) is 5.92 Å². The van der Waals surface area contributed by atoms with Crippen molar-refractivity contribution in [1.82, 2.24) is 5.32 Å². The summed E-state index contributed by atoms with van der Waals surface area (Å²) >= 11 is 0. The largest absolute Gasteiger partial charge is 0.410 e.